The molecule has 84 valence electrons. The molecular weight excluding hydrogens is 188 g/mol. The third-order valence-corrected chi connectivity index (χ3v) is 2.49. The first kappa shape index (κ1) is 12.1. The van der Waals surface area contributed by atoms with Gasteiger partial charge in [-0.05, 0) is 11.6 Å². The summed E-state index contributed by atoms with van der Waals surface area (Å²) in [5.41, 5.74) is 1.37. The maximum absolute atomic E-state index is 4.99. The highest BCUT2D eigenvalue weighted by Crippen LogP contribution is 2.20. The van der Waals surface area contributed by atoms with E-state index < -0.39 is 0 Å². The molecule has 0 saturated heterocycles. The highest BCUT2D eigenvalue weighted by molar-refractivity contribution is 5.19. The van der Waals surface area contributed by atoms with Crippen molar-refractivity contribution in [1.82, 2.24) is 10.3 Å². The lowest BCUT2D eigenvalue weighted by Crippen LogP contribution is -2.34. The molecule has 0 aliphatic carbocycles. The topological polar surface area (TPSA) is 34.1 Å². The third kappa shape index (κ3) is 3.98. The van der Waals surface area contributed by atoms with Crippen molar-refractivity contribution >= 4 is 0 Å². The summed E-state index contributed by atoms with van der Waals surface area (Å²) in [7, 11) is 1.72. The molecule has 0 aromatic carbocycles. The van der Waals surface area contributed by atoms with Crippen molar-refractivity contribution in [3.8, 4) is 0 Å². The van der Waals surface area contributed by atoms with Gasteiger partial charge in [0, 0.05) is 38.0 Å². The van der Waals surface area contributed by atoms with Crippen molar-refractivity contribution in [3.05, 3.63) is 30.1 Å². The van der Waals surface area contributed by atoms with Crippen LogP contribution in [0, 0.1) is 0 Å². The van der Waals surface area contributed by atoms with E-state index in [0.717, 1.165) is 19.7 Å². The van der Waals surface area contributed by atoms with Gasteiger partial charge in [-0.15, -0.1) is 0 Å². The van der Waals surface area contributed by atoms with E-state index in [1.807, 2.05) is 12.3 Å². The normalized spacial score (nSPS) is 11.7. The van der Waals surface area contributed by atoms with E-state index in [0.29, 0.717) is 0 Å². The molecule has 0 spiro atoms. The van der Waals surface area contributed by atoms with Gasteiger partial charge >= 0.3 is 0 Å². The van der Waals surface area contributed by atoms with Crippen LogP contribution in [-0.2, 0) is 10.2 Å². The summed E-state index contributed by atoms with van der Waals surface area (Å²) in [6.45, 7) is 7.00. The van der Waals surface area contributed by atoms with E-state index in [9.17, 15) is 0 Å². The summed E-state index contributed by atoms with van der Waals surface area (Å²) in [4.78, 5) is 4.14. The van der Waals surface area contributed by atoms with E-state index in [-0.39, 0.29) is 5.41 Å². The van der Waals surface area contributed by atoms with Crippen LogP contribution < -0.4 is 5.32 Å². The Kier molecular flexibility index (Phi) is 4.72. The van der Waals surface area contributed by atoms with Crippen molar-refractivity contribution in [2.45, 2.75) is 19.3 Å². The number of hydrogen-bond donors (Lipinski definition) is 1. The van der Waals surface area contributed by atoms with Gasteiger partial charge in [0.15, 0.2) is 0 Å². The fourth-order valence-electron chi connectivity index (χ4n) is 1.44. The van der Waals surface area contributed by atoms with Gasteiger partial charge in [0.2, 0.25) is 0 Å². The third-order valence-electron chi connectivity index (χ3n) is 2.49. The van der Waals surface area contributed by atoms with Crippen LogP contribution in [0.3, 0.4) is 0 Å². The molecule has 1 aromatic heterocycles. The minimum atomic E-state index is 0.113. The lowest BCUT2D eigenvalue weighted by Gasteiger charge is -2.25. The molecule has 3 heteroatoms. The molecule has 15 heavy (non-hydrogen) atoms. The van der Waals surface area contributed by atoms with Gasteiger partial charge in [-0.25, -0.2) is 0 Å². The standard InChI is InChI=1S/C12H20N2O/c1-12(2,10-14-7-8-15-3)11-5-4-6-13-9-11/h4-6,9,14H,7-8,10H2,1-3H3. The first-order valence-electron chi connectivity index (χ1n) is 5.27. The summed E-state index contributed by atoms with van der Waals surface area (Å²) < 4.78 is 4.99. The SMILES string of the molecule is COCCNCC(C)(C)c1cccnc1. The quantitative estimate of drug-likeness (QED) is 0.721. The number of ether oxygens (including phenoxy) is 1. The van der Waals surface area contributed by atoms with Gasteiger partial charge in [-0.2, -0.15) is 0 Å². The molecule has 0 radical (unpaired) electrons. The van der Waals surface area contributed by atoms with Crippen molar-refractivity contribution in [1.29, 1.82) is 0 Å². The molecule has 0 aliphatic rings. The average Bonchev–Trinajstić information content (AvgIpc) is 2.26. The van der Waals surface area contributed by atoms with E-state index >= 15 is 0 Å². The van der Waals surface area contributed by atoms with E-state index in [1.54, 1.807) is 13.3 Å². The summed E-state index contributed by atoms with van der Waals surface area (Å²) in [6, 6.07) is 4.09. The van der Waals surface area contributed by atoms with Crippen LogP contribution >= 0.6 is 0 Å². The van der Waals surface area contributed by atoms with Gasteiger partial charge in [0.1, 0.15) is 0 Å². The first-order valence-corrected chi connectivity index (χ1v) is 5.27. The number of hydrogen-bond acceptors (Lipinski definition) is 3. The minimum Gasteiger partial charge on any atom is -0.383 e. The predicted molar refractivity (Wildman–Crippen MR) is 62.0 cm³/mol. The van der Waals surface area contributed by atoms with Crippen molar-refractivity contribution in [3.63, 3.8) is 0 Å². The van der Waals surface area contributed by atoms with Crippen LogP contribution in [-0.4, -0.2) is 31.8 Å². The number of nitrogens with zero attached hydrogens (tertiary/aromatic N) is 1. The lowest BCUT2D eigenvalue weighted by atomic mass is 9.86. The maximum Gasteiger partial charge on any atom is 0.0587 e. The number of nitrogens with one attached hydrogen (secondary N) is 1. The molecular formula is C12H20N2O. The molecule has 3 nitrogen and oxygen atoms in total. The monoisotopic (exact) mass is 208 g/mol. The highest BCUT2D eigenvalue weighted by Gasteiger charge is 2.19. The predicted octanol–water partition coefficient (Wildman–Crippen LogP) is 1.60. The lowest BCUT2D eigenvalue weighted by molar-refractivity contribution is 0.197. The van der Waals surface area contributed by atoms with E-state index in [2.05, 4.69) is 30.2 Å². The van der Waals surface area contributed by atoms with Crippen LogP contribution in [0.4, 0.5) is 0 Å². The van der Waals surface area contributed by atoms with Gasteiger partial charge in [0.05, 0.1) is 6.61 Å². The van der Waals surface area contributed by atoms with Crippen LogP contribution in [0.15, 0.2) is 24.5 Å². The molecule has 1 N–H and O–H groups in total. The molecule has 0 saturated carbocycles. The molecule has 1 heterocycles. The van der Waals surface area contributed by atoms with Crippen molar-refractivity contribution in [2.24, 2.45) is 0 Å². The Hall–Kier alpha value is -0.930. The summed E-state index contributed by atoms with van der Waals surface area (Å²) in [5.74, 6) is 0. The molecule has 0 atom stereocenters. The molecule has 0 aliphatic heterocycles. The highest BCUT2D eigenvalue weighted by atomic mass is 16.5. The van der Waals surface area contributed by atoms with Gasteiger partial charge in [0.25, 0.3) is 0 Å². The zero-order valence-electron chi connectivity index (χ0n) is 9.79. The molecule has 1 rings (SSSR count). The second kappa shape index (κ2) is 5.83. The van der Waals surface area contributed by atoms with Crippen molar-refractivity contribution < 1.29 is 4.74 Å². The molecule has 0 fully saturated rings. The number of pyridine rings is 1. The van der Waals surface area contributed by atoms with Gasteiger partial charge < -0.3 is 10.1 Å². The molecule has 1 aromatic rings. The first-order chi connectivity index (χ1) is 7.17. The largest absolute Gasteiger partial charge is 0.383 e. The fourth-order valence-corrected chi connectivity index (χ4v) is 1.44. The Morgan fingerprint density at radius 1 is 1.47 bits per heavy atom. The minimum absolute atomic E-state index is 0.113. The Morgan fingerprint density at radius 2 is 2.27 bits per heavy atom. The summed E-state index contributed by atoms with van der Waals surface area (Å²) in [6.07, 6.45) is 3.73. The molecule has 0 unspecified atom stereocenters. The van der Waals surface area contributed by atoms with E-state index in [4.69, 9.17) is 4.74 Å². The Bertz CT molecular complexity index is 272. The van der Waals surface area contributed by atoms with Gasteiger partial charge in [-0.1, -0.05) is 19.9 Å². The van der Waals surface area contributed by atoms with Crippen LogP contribution in [0.1, 0.15) is 19.4 Å². The molecule has 0 bridgehead atoms. The fraction of sp³-hybridized carbons (Fsp3) is 0.583. The maximum atomic E-state index is 4.99. The Labute approximate surface area is 91.9 Å². The van der Waals surface area contributed by atoms with Crippen LogP contribution in [0.25, 0.3) is 0 Å². The zero-order chi connectivity index (χ0) is 11.1. The summed E-state index contributed by atoms with van der Waals surface area (Å²) >= 11 is 0. The number of methoxy groups -OCH3 is 1. The number of aromatic nitrogens is 1. The smallest absolute Gasteiger partial charge is 0.0587 e. The summed E-state index contributed by atoms with van der Waals surface area (Å²) in [5, 5.41) is 3.37. The van der Waals surface area contributed by atoms with Gasteiger partial charge in [-0.3, -0.25) is 4.98 Å². The average molecular weight is 208 g/mol. The van der Waals surface area contributed by atoms with Crippen molar-refractivity contribution in [2.75, 3.05) is 26.8 Å². The Balaban J connectivity index is 2.45. The second-order valence-corrected chi connectivity index (χ2v) is 4.30. The molecule has 0 amide bonds. The zero-order valence-corrected chi connectivity index (χ0v) is 9.79. The van der Waals surface area contributed by atoms with E-state index in [1.165, 1.54) is 5.56 Å². The van der Waals surface area contributed by atoms with Crippen LogP contribution in [0.2, 0.25) is 0 Å². The number of rotatable bonds is 6. The second-order valence-electron chi connectivity index (χ2n) is 4.30. The van der Waals surface area contributed by atoms with Crippen LogP contribution in [0.5, 0.6) is 0 Å². The Morgan fingerprint density at radius 3 is 2.87 bits per heavy atom.